The van der Waals surface area contributed by atoms with Crippen molar-refractivity contribution in [1.29, 1.82) is 0 Å². The lowest BCUT2D eigenvalue weighted by Gasteiger charge is -2.27. The highest BCUT2D eigenvalue weighted by Gasteiger charge is 2.16. The molecule has 6 nitrogen and oxygen atoms in total. The lowest BCUT2D eigenvalue weighted by molar-refractivity contribution is 0.415. The van der Waals surface area contributed by atoms with Crippen LogP contribution in [0.3, 0.4) is 0 Å². The Morgan fingerprint density at radius 2 is 1.71 bits per heavy atom. The number of hydrogen-bond acceptors (Lipinski definition) is 6. The van der Waals surface area contributed by atoms with Gasteiger partial charge in [-0.15, -0.1) is 0 Å². The molecule has 0 bridgehead atoms. The third-order valence-corrected chi connectivity index (χ3v) is 5.45. The van der Waals surface area contributed by atoms with Crippen molar-refractivity contribution in [3.8, 4) is 28.6 Å². The molecule has 0 spiro atoms. The van der Waals surface area contributed by atoms with E-state index in [0.717, 1.165) is 42.2 Å². The summed E-state index contributed by atoms with van der Waals surface area (Å²) in [5.74, 6) is 2.73. The third kappa shape index (κ3) is 4.05. The molecule has 4 aromatic rings. The summed E-state index contributed by atoms with van der Waals surface area (Å²) in [5, 5.41) is 4.09. The average molecular weight is 410 g/mol. The number of benzene rings is 2. The first kappa shape index (κ1) is 19.1. The Hall–Kier alpha value is -3.93. The Labute approximate surface area is 180 Å². The summed E-state index contributed by atoms with van der Waals surface area (Å²) in [7, 11) is 1.64. The first-order valence-electron chi connectivity index (χ1n) is 10.2. The summed E-state index contributed by atoms with van der Waals surface area (Å²) in [4.78, 5) is 11.4. The van der Waals surface area contributed by atoms with Crippen molar-refractivity contribution in [3.63, 3.8) is 0 Å². The summed E-state index contributed by atoms with van der Waals surface area (Å²) >= 11 is 0. The largest absolute Gasteiger partial charge is 0.497 e. The summed E-state index contributed by atoms with van der Waals surface area (Å²) < 4.78 is 10.6. The van der Waals surface area contributed by atoms with Crippen molar-refractivity contribution in [2.24, 2.45) is 0 Å². The number of anilines is 1. The number of rotatable bonds is 5. The zero-order valence-corrected chi connectivity index (χ0v) is 17.2. The summed E-state index contributed by atoms with van der Waals surface area (Å²) in [5.41, 5.74) is 4.36. The molecule has 0 fully saturated rings. The van der Waals surface area contributed by atoms with Gasteiger partial charge in [0.25, 0.3) is 5.89 Å². The molecule has 31 heavy (non-hydrogen) atoms. The minimum Gasteiger partial charge on any atom is -0.497 e. The molecule has 0 saturated heterocycles. The van der Waals surface area contributed by atoms with Gasteiger partial charge in [-0.2, -0.15) is 4.98 Å². The van der Waals surface area contributed by atoms with E-state index in [9.17, 15) is 0 Å². The van der Waals surface area contributed by atoms with Gasteiger partial charge in [0.05, 0.1) is 12.7 Å². The standard InChI is InChI=1S/C25H22N4O2/c1-30-22-10-7-20(8-11-22)24-27-25(31-28-24)21-9-12-23(26-17-21)29-15-13-19(14-16-29)18-5-3-2-4-6-18/h2-13,17H,14-16H2,1H3. The minimum absolute atomic E-state index is 0.453. The zero-order valence-electron chi connectivity index (χ0n) is 17.2. The van der Waals surface area contributed by atoms with Gasteiger partial charge >= 0.3 is 0 Å². The van der Waals surface area contributed by atoms with Crippen LogP contribution in [0.25, 0.3) is 28.4 Å². The molecule has 2 aromatic carbocycles. The van der Waals surface area contributed by atoms with Gasteiger partial charge in [0, 0.05) is 24.8 Å². The summed E-state index contributed by atoms with van der Waals surface area (Å²) in [6.07, 6.45) is 5.08. The fraction of sp³-hybridized carbons (Fsp3) is 0.160. The molecule has 3 heterocycles. The highest BCUT2D eigenvalue weighted by molar-refractivity contribution is 5.68. The van der Waals surface area contributed by atoms with Crippen LogP contribution in [0.15, 0.2) is 83.5 Å². The van der Waals surface area contributed by atoms with Crippen LogP contribution >= 0.6 is 0 Å². The molecule has 0 unspecified atom stereocenters. The topological polar surface area (TPSA) is 64.3 Å². The second-order valence-corrected chi connectivity index (χ2v) is 7.35. The Kier molecular flexibility index (Phi) is 5.19. The molecule has 0 atom stereocenters. The molecule has 0 N–H and O–H groups in total. The van der Waals surface area contributed by atoms with Gasteiger partial charge in [-0.05, 0) is 54.0 Å². The quantitative estimate of drug-likeness (QED) is 0.456. The van der Waals surface area contributed by atoms with Crippen molar-refractivity contribution in [1.82, 2.24) is 15.1 Å². The molecule has 6 heteroatoms. The number of pyridine rings is 1. The van der Waals surface area contributed by atoms with Gasteiger partial charge in [-0.3, -0.25) is 0 Å². The van der Waals surface area contributed by atoms with E-state index in [1.165, 1.54) is 11.1 Å². The predicted octanol–water partition coefficient (Wildman–Crippen LogP) is 5.10. The molecule has 0 radical (unpaired) electrons. The van der Waals surface area contributed by atoms with Crippen molar-refractivity contribution < 1.29 is 9.26 Å². The summed E-state index contributed by atoms with van der Waals surface area (Å²) in [6.45, 7) is 1.79. The monoisotopic (exact) mass is 410 g/mol. The van der Waals surface area contributed by atoms with E-state index in [0.29, 0.717) is 11.7 Å². The Balaban J connectivity index is 1.28. The van der Waals surface area contributed by atoms with Crippen LogP contribution in [0.2, 0.25) is 0 Å². The third-order valence-electron chi connectivity index (χ3n) is 5.45. The van der Waals surface area contributed by atoms with Gasteiger partial charge in [-0.1, -0.05) is 41.6 Å². The van der Waals surface area contributed by atoms with Crippen molar-refractivity contribution in [2.75, 3.05) is 25.1 Å². The maximum absolute atomic E-state index is 5.45. The van der Waals surface area contributed by atoms with Crippen LogP contribution in [0.1, 0.15) is 12.0 Å². The van der Waals surface area contributed by atoms with E-state index < -0.39 is 0 Å². The Bertz CT molecular complexity index is 1180. The van der Waals surface area contributed by atoms with E-state index in [4.69, 9.17) is 9.26 Å². The van der Waals surface area contributed by atoms with E-state index in [1.807, 2.05) is 42.5 Å². The molecule has 0 aliphatic carbocycles. The molecular formula is C25H22N4O2. The molecule has 5 rings (SSSR count). The predicted molar refractivity (Wildman–Crippen MR) is 121 cm³/mol. The zero-order chi connectivity index (χ0) is 21.0. The van der Waals surface area contributed by atoms with Crippen molar-refractivity contribution >= 4 is 11.4 Å². The van der Waals surface area contributed by atoms with Crippen LogP contribution < -0.4 is 9.64 Å². The lowest BCUT2D eigenvalue weighted by atomic mass is 9.99. The Morgan fingerprint density at radius 1 is 0.903 bits per heavy atom. The van der Waals surface area contributed by atoms with E-state index >= 15 is 0 Å². The van der Waals surface area contributed by atoms with E-state index in [-0.39, 0.29) is 0 Å². The molecular weight excluding hydrogens is 388 g/mol. The molecule has 154 valence electrons. The van der Waals surface area contributed by atoms with Gasteiger partial charge in [0.1, 0.15) is 11.6 Å². The van der Waals surface area contributed by atoms with Gasteiger partial charge in [-0.25, -0.2) is 4.98 Å². The normalized spacial score (nSPS) is 13.7. The van der Waals surface area contributed by atoms with Crippen LogP contribution in [0, 0.1) is 0 Å². The second-order valence-electron chi connectivity index (χ2n) is 7.35. The SMILES string of the molecule is COc1ccc(-c2noc(-c3ccc(N4CC=C(c5ccccc5)CC4)nc3)n2)cc1. The molecule has 1 aliphatic heterocycles. The highest BCUT2D eigenvalue weighted by Crippen LogP contribution is 2.27. The lowest BCUT2D eigenvalue weighted by Crippen LogP contribution is -2.28. The fourth-order valence-corrected chi connectivity index (χ4v) is 3.69. The maximum Gasteiger partial charge on any atom is 0.259 e. The number of nitrogens with zero attached hydrogens (tertiary/aromatic N) is 4. The minimum atomic E-state index is 0.453. The van der Waals surface area contributed by atoms with Crippen molar-refractivity contribution in [3.05, 3.63) is 84.6 Å². The average Bonchev–Trinajstić information content (AvgIpc) is 3.35. The smallest absolute Gasteiger partial charge is 0.259 e. The van der Waals surface area contributed by atoms with E-state index in [2.05, 4.69) is 50.4 Å². The molecule has 0 amide bonds. The summed E-state index contributed by atoms with van der Waals surface area (Å²) in [6, 6.07) is 22.1. The van der Waals surface area contributed by atoms with Crippen LogP contribution in [-0.2, 0) is 0 Å². The molecule has 1 aliphatic rings. The van der Waals surface area contributed by atoms with Crippen molar-refractivity contribution in [2.45, 2.75) is 6.42 Å². The molecule has 0 saturated carbocycles. The number of aromatic nitrogens is 3. The highest BCUT2D eigenvalue weighted by atomic mass is 16.5. The first-order chi connectivity index (χ1) is 15.3. The first-order valence-corrected chi connectivity index (χ1v) is 10.2. The van der Waals surface area contributed by atoms with Crippen LogP contribution in [0.5, 0.6) is 5.75 Å². The van der Waals surface area contributed by atoms with Crippen LogP contribution in [0.4, 0.5) is 5.82 Å². The fourth-order valence-electron chi connectivity index (χ4n) is 3.69. The second kappa shape index (κ2) is 8.44. The number of methoxy groups -OCH3 is 1. The number of hydrogen-bond donors (Lipinski definition) is 0. The van der Waals surface area contributed by atoms with Gasteiger partial charge < -0.3 is 14.2 Å². The maximum atomic E-state index is 5.45. The van der Waals surface area contributed by atoms with Gasteiger partial charge in [0.15, 0.2) is 0 Å². The molecule has 2 aromatic heterocycles. The number of ether oxygens (including phenoxy) is 1. The van der Waals surface area contributed by atoms with Crippen LogP contribution in [-0.4, -0.2) is 35.3 Å². The van der Waals surface area contributed by atoms with E-state index in [1.54, 1.807) is 13.3 Å². The van der Waals surface area contributed by atoms with Gasteiger partial charge in [0.2, 0.25) is 5.82 Å². The Morgan fingerprint density at radius 3 is 2.39 bits per heavy atom.